The van der Waals surface area contributed by atoms with Crippen molar-refractivity contribution in [2.45, 2.75) is 24.7 Å². The Kier molecular flexibility index (Phi) is 5.05. The molecule has 1 aliphatic heterocycles. The topological polar surface area (TPSA) is 157 Å². The van der Waals surface area contributed by atoms with Crippen molar-refractivity contribution in [3.63, 3.8) is 0 Å². The van der Waals surface area contributed by atoms with Gasteiger partial charge in [0.25, 0.3) is 0 Å². The molecule has 144 valence electrons. The number of rotatable bonds is 4. The largest absolute Gasteiger partial charge is 0.465 e. The first-order chi connectivity index (χ1) is 12.8. The maximum absolute atomic E-state index is 13.1. The maximum Gasteiger partial charge on any atom is 0.414 e. The van der Waals surface area contributed by atoms with Crippen LogP contribution in [-0.4, -0.2) is 54.6 Å². The summed E-state index contributed by atoms with van der Waals surface area (Å²) in [4.78, 5) is 27.7. The highest BCUT2D eigenvalue weighted by molar-refractivity contribution is 5.86. The lowest BCUT2D eigenvalue weighted by Crippen LogP contribution is -2.47. The lowest BCUT2D eigenvalue weighted by Gasteiger charge is -2.27. The van der Waals surface area contributed by atoms with Crippen LogP contribution in [0.15, 0.2) is 41.3 Å². The van der Waals surface area contributed by atoms with Gasteiger partial charge >= 0.3 is 11.8 Å². The number of amides is 1. The van der Waals surface area contributed by atoms with Crippen molar-refractivity contribution < 1.29 is 34.4 Å². The van der Waals surface area contributed by atoms with Crippen molar-refractivity contribution in [3.05, 3.63) is 52.8 Å². The Hall–Kier alpha value is -3.06. The van der Waals surface area contributed by atoms with Crippen molar-refractivity contribution >= 4 is 17.6 Å². The molecule has 11 nitrogen and oxygen atoms in total. The van der Waals surface area contributed by atoms with Gasteiger partial charge in [-0.1, -0.05) is 0 Å². The number of nitrogens with one attached hydrogen (secondary N) is 1. The maximum atomic E-state index is 13.1. The van der Waals surface area contributed by atoms with Crippen molar-refractivity contribution in [2.75, 3.05) is 10.4 Å². The highest BCUT2D eigenvalue weighted by Crippen LogP contribution is 2.33. The van der Waals surface area contributed by atoms with Gasteiger partial charge in [0.15, 0.2) is 18.3 Å². The standard InChI is InChI=1S/C15H15FN4O7/c16-7-1-3-8(4-2-7)20(15(24)25)13-11(22)10(21)12(27-13)19-6-5-9(18-26)17-14(19)23/h1-6,10-13,21-22,26H,(H,24,25)(H,17,18,23)/t10-,11+,12-,13-/m1/s1. The van der Waals surface area contributed by atoms with E-state index in [0.29, 0.717) is 4.90 Å². The molecule has 4 atom stereocenters. The molecule has 1 amide bonds. The zero-order valence-electron chi connectivity index (χ0n) is 13.5. The molecule has 1 aromatic carbocycles. The molecule has 1 saturated heterocycles. The number of aromatic nitrogens is 2. The Bertz CT molecular complexity index is 890. The van der Waals surface area contributed by atoms with Gasteiger partial charge in [0.1, 0.15) is 18.0 Å². The van der Waals surface area contributed by atoms with E-state index in [4.69, 9.17) is 9.94 Å². The molecule has 1 aromatic heterocycles. The lowest BCUT2D eigenvalue weighted by atomic mass is 10.1. The van der Waals surface area contributed by atoms with E-state index >= 15 is 0 Å². The van der Waals surface area contributed by atoms with Crippen molar-refractivity contribution in [2.24, 2.45) is 0 Å². The predicted molar refractivity (Wildman–Crippen MR) is 86.7 cm³/mol. The van der Waals surface area contributed by atoms with Crippen LogP contribution >= 0.6 is 0 Å². The van der Waals surface area contributed by atoms with Crippen LogP contribution in [-0.2, 0) is 4.74 Å². The highest BCUT2D eigenvalue weighted by Gasteiger charge is 2.48. The second kappa shape index (κ2) is 7.28. The quantitative estimate of drug-likeness (QED) is 0.457. The van der Waals surface area contributed by atoms with E-state index < -0.39 is 42.3 Å². The molecule has 3 rings (SSSR count). The molecular formula is C15H15FN4O7. The van der Waals surface area contributed by atoms with E-state index in [0.717, 1.165) is 35.0 Å². The van der Waals surface area contributed by atoms with Crippen molar-refractivity contribution in [1.82, 2.24) is 9.55 Å². The summed E-state index contributed by atoms with van der Waals surface area (Å²) in [7, 11) is 0. The SMILES string of the molecule is O=C(O)N(c1ccc(F)cc1)[C@@H]1O[C@@H](n2ccc(NO)nc2=O)[C@H](O)[C@@H]1O. The van der Waals surface area contributed by atoms with Gasteiger partial charge in [-0.3, -0.25) is 15.3 Å². The predicted octanol–water partition coefficient (Wildman–Crippen LogP) is -0.0552. The molecule has 0 spiro atoms. The summed E-state index contributed by atoms with van der Waals surface area (Å²) in [6, 6.07) is 5.57. The Labute approximate surface area is 150 Å². The number of benzene rings is 1. The first-order valence-corrected chi connectivity index (χ1v) is 7.62. The van der Waals surface area contributed by atoms with Crippen LogP contribution in [0, 0.1) is 5.82 Å². The van der Waals surface area contributed by atoms with Gasteiger partial charge in [-0.25, -0.2) is 18.9 Å². The molecule has 12 heteroatoms. The fourth-order valence-corrected chi connectivity index (χ4v) is 2.72. The van der Waals surface area contributed by atoms with Gasteiger partial charge in [0.2, 0.25) is 0 Å². The molecule has 0 aliphatic carbocycles. The monoisotopic (exact) mass is 382 g/mol. The van der Waals surface area contributed by atoms with E-state index in [1.165, 1.54) is 6.07 Å². The van der Waals surface area contributed by atoms with Crippen molar-refractivity contribution in [1.29, 1.82) is 0 Å². The average molecular weight is 382 g/mol. The Morgan fingerprint density at radius 1 is 1.22 bits per heavy atom. The molecule has 0 bridgehead atoms. The lowest BCUT2D eigenvalue weighted by molar-refractivity contribution is -0.0391. The Morgan fingerprint density at radius 2 is 1.89 bits per heavy atom. The summed E-state index contributed by atoms with van der Waals surface area (Å²) in [5.74, 6) is -0.746. The summed E-state index contributed by atoms with van der Waals surface area (Å²) in [5.41, 5.74) is 0.750. The van der Waals surface area contributed by atoms with E-state index in [1.807, 2.05) is 0 Å². The number of aliphatic hydroxyl groups is 2. The minimum Gasteiger partial charge on any atom is -0.465 e. The van der Waals surface area contributed by atoms with E-state index in [9.17, 15) is 29.3 Å². The zero-order valence-corrected chi connectivity index (χ0v) is 13.5. The fourth-order valence-electron chi connectivity index (χ4n) is 2.72. The van der Waals surface area contributed by atoms with Gasteiger partial charge in [-0.15, -0.1) is 0 Å². The number of aliphatic hydroxyl groups excluding tert-OH is 2. The number of hydrogen-bond donors (Lipinski definition) is 5. The molecule has 0 unspecified atom stereocenters. The molecule has 5 N–H and O–H groups in total. The third-order valence-electron chi connectivity index (χ3n) is 4.00. The number of anilines is 2. The van der Waals surface area contributed by atoms with Crippen LogP contribution in [0.3, 0.4) is 0 Å². The fraction of sp³-hybridized carbons (Fsp3) is 0.267. The average Bonchev–Trinajstić information content (AvgIpc) is 2.92. The summed E-state index contributed by atoms with van der Waals surface area (Å²) >= 11 is 0. The molecule has 1 fully saturated rings. The highest BCUT2D eigenvalue weighted by atomic mass is 19.1. The van der Waals surface area contributed by atoms with Crippen molar-refractivity contribution in [3.8, 4) is 0 Å². The van der Waals surface area contributed by atoms with Gasteiger partial charge < -0.3 is 20.1 Å². The number of halogens is 1. The second-order valence-electron chi connectivity index (χ2n) is 5.64. The second-order valence-corrected chi connectivity index (χ2v) is 5.64. The molecule has 0 saturated carbocycles. The molecule has 2 aromatic rings. The number of ether oxygens (including phenoxy) is 1. The van der Waals surface area contributed by atoms with Crippen LogP contribution in [0.25, 0.3) is 0 Å². The van der Waals surface area contributed by atoms with Gasteiger partial charge in [0, 0.05) is 6.20 Å². The van der Waals surface area contributed by atoms with E-state index in [1.54, 1.807) is 5.48 Å². The smallest absolute Gasteiger partial charge is 0.414 e. The van der Waals surface area contributed by atoms with Gasteiger partial charge in [0.05, 0.1) is 5.69 Å². The Morgan fingerprint density at radius 3 is 2.44 bits per heavy atom. The van der Waals surface area contributed by atoms with Crippen LogP contribution in [0.1, 0.15) is 6.23 Å². The minimum absolute atomic E-state index is 0.00824. The molecule has 0 radical (unpaired) electrons. The van der Waals surface area contributed by atoms with Gasteiger partial charge in [-0.2, -0.15) is 4.98 Å². The van der Waals surface area contributed by atoms with Crippen LogP contribution in [0.5, 0.6) is 0 Å². The number of carboxylic acid groups (broad SMARTS) is 1. The van der Waals surface area contributed by atoms with E-state index in [-0.39, 0.29) is 11.5 Å². The molecule has 1 aliphatic rings. The first-order valence-electron chi connectivity index (χ1n) is 7.62. The van der Waals surface area contributed by atoms with Crippen LogP contribution in [0.4, 0.5) is 20.7 Å². The summed E-state index contributed by atoms with van der Waals surface area (Å²) in [6.45, 7) is 0. The van der Waals surface area contributed by atoms with Crippen LogP contribution in [0.2, 0.25) is 0 Å². The normalized spacial score (nSPS) is 24.6. The Balaban J connectivity index is 1.94. The zero-order chi connectivity index (χ0) is 19.7. The molecule has 27 heavy (non-hydrogen) atoms. The van der Waals surface area contributed by atoms with Crippen LogP contribution < -0.4 is 16.1 Å². The third-order valence-corrected chi connectivity index (χ3v) is 4.00. The molecule has 2 heterocycles. The number of carbonyl (C=O) groups is 1. The third kappa shape index (κ3) is 3.46. The number of nitrogens with zero attached hydrogens (tertiary/aromatic N) is 3. The summed E-state index contributed by atoms with van der Waals surface area (Å²) in [5, 5.41) is 38.8. The first kappa shape index (κ1) is 18.7. The molecular weight excluding hydrogens is 367 g/mol. The number of hydrogen-bond acceptors (Lipinski definition) is 8. The summed E-state index contributed by atoms with van der Waals surface area (Å²) in [6.07, 6.45) is -6.78. The van der Waals surface area contributed by atoms with E-state index in [2.05, 4.69) is 4.98 Å². The minimum atomic E-state index is -1.71. The summed E-state index contributed by atoms with van der Waals surface area (Å²) < 4.78 is 19.4. The van der Waals surface area contributed by atoms with Gasteiger partial charge in [-0.05, 0) is 30.3 Å².